The summed E-state index contributed by atoms with van der Waals surface area (Å²) in [6.45, 7) is 0. The largest absolute Gasteiger partial charge is 0.385 e. The zero-order valence-corrected chi connectivity index (χ0v) is 32.3. The van der Waals surface area contributed by atoms with Crippen LogP contribution in [0.3, 0.4) is 0 Å². The number of benzene rings is 4. The van der Waals surface area contributed by atoms with Gasteiger partial charge in [0.2, 0.25) is 0 Å². The van der Waals surface area contributed by atoms with Crippen LogP contribution in [-0.4, -0.2) is 29.8 Å². The first kappa shape index (κ1) is 37.4. The molecule has 0 amide bonds. The van der Waals surface area contributed by atoms with Gasteiger partial charge in [-0.1, -0.05) is 121 Å². The van der Waals surface area contributed by atoms with Crippen molar-refractivity contribution in [1.82, 2.24) is 19.9 Å². The van der Waals surface area contributed by atoms with Gasteiger partial charge in [-0.3, -0.25) is 0 Å². The highest BCUT2D eigenvalue weighted by Gasteiger charge is 2.71. The summed E-state index contributed by atoms with van der Waals surface area (Å²) in [6, 6.07) is 40.6. The van der Waals surface area contributed by atoms with E-state index in [0.717, 1.165) is 22.8 Å². The number of hydrogen-bond donors (Lipinski definition) is 2. The van der Waals surface area contributed by atoms with E-state index >= 15 is 17.6 Å². The third-order valence-electron chi connectivity index (χ3n) is 10.2. The molecule has 0 unspecified atom stereocenters. The Morgan fingerprint density at radius 3 is 1.26 bits per heavy atom. The Morgan fingerprint density at radius 2 is 0.793 bits per heavy atom. The van der Waals surface area contributed by atoms with Crippen LogP contribution >= 0.6 is 22.6 Å². The fourth-order valence-electron chi connectivity index (χ4n) is 7.51. The molecule has 58 heavy (non-hydrogen) atoms. The summed E-state index contributed by atoms with van der Waals surface area (Å²) in [4.78, 5) is 16.7. The van der Waals surface area contributed by atoms with Crippen molar-refractivity contribution in [1.29, 1.82) is 0 Å². The van der Waals surface area contributed by atoms with E-state index in [1.54, 1.807) is 78.9 Å². The third kappa shape index (κ3) is 6.33. The molecule has 3 aromatic heterocycles. The van der Waals surface area contributed by atoms with Crippen LogP contribution in [0.4, 0.5) is 26.3 Å². The molecule has 9 rings (SSSR count). The summed E-state index contributed by atoms with van der Waals surface area (Å²) in [7, 11) is 0. The second kappa shape index (κ2) is 14.3. The van der Waals surface area contributed by atoms with Gasteiger partial charge in [-0.15, -0.1) is 0 Å². The van der Waals surface area contributed by atoms with Crippen LogP contribution in [-0.2, 0) is 5.92 Å². The van der Waals surface area contributed by atoms with Crippen molar-refractivity contribution < 1.29 is 26.3 Å². The zero-order chi connectivity index (χ0) is 40.2. The monoisotopic (exact) mass is 890 g/mol. The van der Waals surface area contributed by atoms with Crippen molar-refractivity contribution in [3.05, 3.63) is 168 Å². The van der Waals surface area contributed by atoms with E-state index in [-0.39, 0.29) is 39.4 Å². The number of nitrogens with one attached hydrogen (secondary N) is 2. The summed E-state index contributed by atoms with van der Waals surface area (Å²) < 4.78 is 88.6. The second-order valence-corrected chi connectivity index (χ2v) is 15.2. The second-order valence-electron chi connectivity index (χ2n) is 13.8. The van der Waals surface area contributed by atoms with Gasteiger partial charge < -0.3 is 9.97 Å². The molecule has 4 aromatic carbocycles. The highest BCUT2D eigenvalue weighted by molar-refractivity contribution is 14.1. The SMILES string of the molecule is FC(F)(I)C(F)(F)C(F)(F)c1cc2[nH]c1c(-c1ccccc1)c1nc(c(-c3ccccc3)c3nc(c(-c4ccccc4)c4ccc([nH]4)c2-c2ccccc2)C=C3)C=C1. The van der Waals surface area contributed by atoms with Crippen molar-refractivity contribution in [2.24, 2.45) is 0 Å². The van der Waals surface area contributed by atoms with Crippen molar-refractivity contribution in [2.45, 2.75) is 15.8 Å². The van der Waals surface area contributed by atoms with E-state index in [9.17, 15) is 8.78 Å². The molecule has 0 saturated carbocycles. The van der Waals surface area contributed by atoms with E-state index in [2.05, 4.69) is 9.97 Å². The van der Waals surface area contributed by atoms with E-state index < -0.39 is 26.9 Å². The van der Waals surface area contributed by atoms with Crippen LogP contribution in [0.2, 0.25) is 0 Å². The zero-order valence-electron chi connectivity index (χ0n) is 30.1. The van der Waals surface area contributed by atoms with E-state index in [1.807, 2.05) is 78.9 Å². The Balaban J connectivity index is 1.55. The fraction of sp³-hybridized carbons (Fsp3) is 0.0638. The number of nitrogens with zero attached hydrogens (tertiary/aromatic N) is 2. The lowest BCUT2D eigenvalue weighted by Crippen LogP contribution is -2.49. The predicted molar refractivity (Wildman–Crippen MR) is 228 cm³/mol. The standard InChI is InChI=1S/C47H29F6IN4/c48-45(49,46(50,51)47(52,53)54)32-27-39-42(30-17-9-3-10-18-30)37-24-23-35(56-37)40(28-13-5-1-6-14-28)33-21-22-34(55-33)41(29-15-7-2-8-16-29)36-25-26-38(57-36)43(44(32)58-39)31-19-11-4-12-20-31/h1-27,56,58H. The average Bonchev–Trinajstić information content (AvgIpc) is 4.06. The number of aromatic nitrogens is 4. The van der Waals surface area contributed by atoms with Gasteiger partial charge in [0.05, 0.1) is 33.9 Å². The summed E-state index contributed by atoms with van der Waals surface area (Å²) >= 11 is 0.0844. The first-order valence-corrected chi connectivity index (χ1v) is 19.2. The molecule has 0 spiro atoms. The molecule has 286 valence electrons. The Kier molecular flexibility index (Phi) is 9.22. The van der Waals surface area contributed by atoms with Crippen LogP contribution < -0.4 is 0 Å². The Morgan fingerprint density at radius 1 is 0.414 bits per heavy atom. The molecular weight excluding hydrogens is 861 g/mol. The lowest BCUT2D eigenvalue weighted by molar-refractivity contribution is -0.276. The van der Waals surface area contributed by atoms with Crippen molar-refractivity contribution in [3.8, 4) is 44.5 Å². The number of aromatic amines is 2. The minimum atomic E-state index is -5.80. The van der Waals surface area contributed by atoms with Gasteiger partial charge in [-0.05, 0) is 64.8 Å². The lowest BCUT2D eigenvalue weighted by Gasteiger charge is -2.29. The minimum Gasteiger partial charge on any atom is -0.354 e. The van der Waals surface area contributed by atoms with E-state index in [0.29, 0.717) is 50.4 Å². The number of fused-ring (bicyclic) bond motifs is 8. The highest BCUT2D eigenvalue weighted by atomic mass is 127. The molecule has 4 nitrogen and oxygen atoms in total. The molecule has 8 bridgehead atoms. The molecule has 0 aliphatic carbocycles. The maximum absolute atomic E-state index is 16.6. The van der Waals surface area contributed by atoms with Gasteiger partial charge in [-0.2, -0.15) is 26.3 Å². The van der Waals surface area contributed by atoms with Crippen LogP contribution in [0, 0.1) is 0 Å². The van der Waals surface area contributed by atoms with Gasteiger partial charge in [0.25, 0.3) is 0 Å². The van der Waals surface area contributed by atoms with Crippen molar-refractivity contribution >= 4 is 69.0 Å². The van der Waals surface area contributed by atoms with Gasteiger partial charge in [0, 0.05) is 61.4 Å². The molecular formula is C47H29F6IN4. The molecule has 0 saturated heterocycles. The third-order valence-corrected chi connectivity index (χ3v) is 10.9. The van der Waals surface area contributed by atoms with Gasteiger partial charge in [0.15, 0.2) is 0 Å². The first-order valence-electron chi connectivity index (χ1n) is 18.2. The van der Waals surface area contributed by atoms with Gasteiger partial charge in [-0.25, -0.2) is 9.97 Å². The molecule has 0 radical (unpaired) electrons. The van der Waals surface area contributed by atoms with Crippen LogP contribution in [0.1, 0.15) is 28.3 Å². The maximum Gasteiger partial charge on any atom is 0.385 e. The van der Waals surface area contributed by atoms with Gasteiger partial charge >= 0.3 is 15.8 Å². The number of halogens is 7. The predicted octanol–water partition coefficient (Wildman–Crippen LogP) is 14.1. The summed E-state index contributed by atoms with van der Waals surface area (Å²) in [5.74, 6) is -11.2. The molecule has 0 atom stereocenters. The quantitative estimate of drug-likeness (QED) is 0.0951. The highest BCUT2D eigenvalue weighted by Crippen LogP contribution is 2.56. The summed E-state index contributed by atoms with van der Waals surface area (Å²) in [5, 5.41) is 0. The topological polar surface area (TPSA) is 57.4 Å². The average molecular weight is 891 g/mol. The molecule has 0 fully saturated rings. The lowest BCUT2D eigenvalue weighted by atomic mass is 9.97. The van der Waals surface area contributed by atoms with Crippen molar-refractivity contribution in [3.63, 3.8) is 0 Å². The van der Waals surface area contributed by atoms with Crippen LogP contribution in [0.15, 0.2) is 140 Å². The van der Waals surface area contributed by atoms with Gasteiger partial charge in [0.1, 0.15) is 0 Å². The Hall–Kier alpha value is -6.21. The number of H-pyrrole nitrogens is 2. The Bertz CT molecular complexity index is 2920. The van der Waals surface area contributed by atoms with Crippen molar-refractivity contribution in [2.75, 3.05) is 0 Å². The molecule has 2 aliphatic rings. The smallest absolute Gasteiger partial charge is 0.354 e. The fourth-order valence-corrected chi connectivity index (χ4v) is 7.85. The van der Waals surface area contributed by atoms with E-state index in [4.69, 9.17) is 9.97 Å². The number of alkyl halides is 7. The van der Waals surface area contributed by atoms with Crippen LogP contribution in [0.25, 0.3) is 90.9 Å². The molecule has 7 aromatic rings. The Labute approximate surface area is 341 Å². The molecule has 2 N–H and O–H groups in total. The summed E-state index contributed by atoms with van der Waals surface area (Å²) in [5.41, 5.74) is 5.23. The summed E-state index contributed by atoms with van der Waals surface area (Å²) in [6.07, 6.45) is 7.14. The maximum atomic E-state index is 16.6. The molecule has 11 heteroatoms. The first-order chi connectivity index (χ1) is 27.9. The molecule has 2 aliphatic heterocycles. The number of hydrogen-bond acceptors (Lipinski definition) is 2. The minimum absolute atomic E-state index is 0.00953. The normalized spacial score (nSPS) is 12.9. The number of rotatable bonds is 7. The van der Waals surface area contributed by atoms with E-state index in [1.165, 1.54) is 0 Å². The molecule has 5 heterocycles. The van der Waals surface area contributed by atoms with Crippen LogP contribution in [0.5, 0.6) is 0 Å².